The average molecular weight is 292 g/mol. The normalized spacial score (nSPS) is 19.2. The topological polar surface area (TPSA) is 38.9 Å². The maximum absolute atomic E-state index is 5.35. The van der Waals surface area contributed by atoms with Gasteiger partial charge >= 0.3 is 0 Å². The van der Waals surface area contributed by atoms with E-state index in [0.717, 1.165) is 18.2 Å². The Bertz CT molecular complexity index is 268. The van der Waals surface area contributed by atoms with Crippen molar-refractivity contribution in [2.75, 3.05) is 0 Å². The maximum atomic E-state index is 5.35. The molecule has 1 heterocycles. The van der Waals surface area contributed by atoms with Gasteiger partial charge in [-0.25, -0.2) is 0 Å². The second kappa shape index (κ2) is 4.39. The molecule has 1 aromatic rings. The maximum Gasteiger partial charge on any atom is 0.278 e. The van der Waals surface area contributed by atoms with Crippen molar-refractivity contribution < 1.29 is 4.42 Å². The second-order valence-corrected chi connectivity index (χ2v) is 4.58. The van der Waals surface area contributed by atoms with Gasteiger partial charge in [-0.1, -0.05) is 19.3 Å². The van der Waals surface area contributed by atoms with Gasteiger partial charge in [-0.05, 0) is 18.8 Å². The van der Waals surface area contributed by atoms with Gasteiger partial charge in [-0.15, -0.1) is 10.2 Å². The molecule has 0 amide bonds. The van der Waals surface area contributed by atoms with Gasteiger partial charge in [0.1, 0.15) is 0 Å². The van der Waals surface area contributed by atoms with Gasteiger partial charge in [0.05, 0.1) is 0 Å². The van der Waals surface area contributed by atoms with Crippen molar-refractivity contribution in [3.05, 3.63) is 9.79 Å². The standard InChI is InChI=1S/C9H13IN2O/c10-9-12-11-8(13-9)6-7-4-2-1-3-5-7/h7H,1-6H2. The van der Waals surface area contributed by atoms with Gasteiger partial charge in [0.25, 0.3) is 3.90 Å². The molecule has 1 aliphatic rings. The van der Waals surface area contributed by atoms with Crippen molar-refractivity contribution >= 4 is 22.6 Å². The van der Waals surface area contributed by atoms with Crippen molar-refractivity contribution in [3.8, 4) is 0 Å². The molecule has 0 unspecified atom stereocenters. The molecule has 0 saturated heterocycles. The van der Waals surface area contributed by atoms with Gasteiger partial charge in [0.2, 0.25) is 5.89 Å². The van der Waals surface area contributed by atoms with Crippen LogP contribution >= 0.6 is 22.6 Å². The van der Waals surface area contributed by atoms with Crippen LogP contribution in [0, 0.1) is 9.82 Å². The van der Waals surface area contributed by atoms with Gasteiger partial charge < -0.3 is 4.42 Å². The third-order valence-corrected chi connectivity index (χ3v) is 3.07. The first kappa shape index (κ1) is 9.43. The first-order valence-electron chi connectivity index (χ1n) is 4.82. The average Bonchev–Trinajstić information content (AvgIpc) is 2.53. The van der Waals surface area contributed by atoms with Crippen LogP contribution in [0.4, 0.5) is 0 Å². The van der Waals surface area contributed by atoms with E-state index in [0.29, 0.717) is 3.90 Å². The number of aromatic nitrogens is 2. The second-order valence-electron chi connectivity index (χ2n) is 3.66. The molecule has 0 aromatic carbocycles. The summed E-state index contributed by atoms with van der Waals surface area (Å²) in [5.41, 5.74) is 0. The van der Waals surface area contributed by atoms with Crippen LogP contribution in [0.15, 0.2) is 4.42 Å². The molecular weight excluding hydrogens is 279 g/mol. The molecule has 0 aliphatic heterocycles. The summed E-state index contributed by atoms with van der Waals surface area (Å²) >= 11 is 2.05. The molecule has 1 fully saturated rings. The summed E-state index contributed by atoms with van der Waals surface area (Å²) in [6.07, 6.45) is 7.79. The Morgan fingerprint density at radius 2 is 2.00 bits per heavy atom. The van der Waals surface area contributed by atoms with E-state index in [2.05, 4.69) is 32.8 Å². The minimum absolute atomic E-state index is 0.656. The van der Waals surface area contributed by atoms with E-state index >= 15 is 0 Å². The highest BCUT2D eigenvalue weighted by atomic mass is 127. The highest BCUT2D eigenvalue weighted by Gasteiger charge is 2.16. The quantitative estimate of drug-likeness (QED) is 0.787. The zero-order valence-electron chi connectivity index (χ0n) is 7.50. The van der Waals surface area contributed by atoms with Crippen molar-refractivity contribution in [2.24, 2.45) is 5.92 Å². The third kappa shape index (κ3) is 2.65. The molecule has 0 bridgehead atoms. The summed E-state index contributed by atoms with van der Waals surface area (Å²) < 4.78 is 6.01. The van der Waals surface area contributed by atoms with Gasteiger partial charge in [0.15, 0.2) is 0 Å². The predicted octanol–water partition coefficient (Wildman–Crippen LogP) is 2.80. The zero-order chi connectivity index (χ0) is 9.10. The van der Waals surface area contributed by atoms with Crippen molar-refractivity contribution in [2.45, 2.75) is 38.5 Å². The SMILES string of the molecule is Ic1nnc(CC2CCCCC2)o1. The molecule has 2 rings (SSSR count). The van der Waals surface area contributed by atoms with E-state index in [9.17, 15) is 0 Å². The summed E-state index contributed by atoms with van der Waals surface area (Å²) in [5, 5.41) is 7.84. The number of hydrogen-bond acceptors (Lipinski definition) is 3. The minimum Gasteiger partial charge on any atom is -0.416 e. The molecule has 72 valence electrons. The van der Waals surface area contributed by atoms with Crippen LogP contribution in [0.3, 0.4) is 0 Å². The Morgan fingerprint density at radius 1 is 1.23 bits per heavy atom. The number of hydrogen-bond donors (Lipinski definition) is 0. The molecule has 1 aliphatic carbocycles. The first-order chi connectivity index (χ1) is 6.34. The lowest BCUT2D eigenvalue weighted by molar-refractivity contribution is 0.326. The van der Waals surface area contributed by atoms with Crippen LogP contribution in [0.2, 0.25) is 0 Å². The third-order valence-electron chi connectivity index (χ3n) is 2.63. The number of rotatable bonds is 2. The Hall–Kier alpha value is -0.130. The highest BCUT2D eigenvalue weighted by Crippen LogP contribution is 2.26. The molecule has 3 nitrogen and oxygen atoms in total. The monoisotopic (exact) mass is 292 g/mol. The summed E-state index contributed by atoms with van der Waals surface area (Å²) in [5.74, 6) is 1.60. The van der Waals surface area contributed by atoms with Crippen LogP contribution in [0.25, 0.3) is 0 Å². The smallest absolute Gasteiger partial charge is 0.278 e. The van der Waals surface area contributed by atoms with Gasteiger partial charge in [-0.3, -0.25) is 0 Å². The number of halogens is 1. The fourth-order valence-electron chi connectivity index (χ4n) is 1.95. The Morgan fingerprint density at radius 3 is 2.62 bits per heavy atom. The van der Waals surface area contributed by atoms with E-state index in [1.54, 1.807) is 0 Å². The lowest BCUT2D eigenvalue weighted by Gasteiger charge is -2.19. The Labute approximate surface area is 91.4 Å². The fourth-order valence-corrected chi connectivity index (χ4v) is 2.32. The predicted molar refractivity (Wildman–Crippen MR) is 57.3 cm³/mol. The van der Waals surface area contributed by atoms with E-state index in [4.69, 9.17) is 4.42 Å². The summed E-state index contributed by atoms with van der Waals surface area (Å²) in [7, 11) is 0. The molecule has 13 heavy (non-hydrogen) atoms. The zero-order valence-corrected chi connectivity index (χ0v) is 9.66. The molecule has 4 heteroatoms. The Kier molecular flexibility index (Phi) is 3.18. The molecule has 0 N–H and O–H groups in total. The molecule has 0 spiro atoms. The van der Waals surface area contributed by atoms with Crippen LogP contribution in [-0.4, -0.2) is 10.2 Å². The molecular formula is C9H13IN2O. The van der Waals surface area contributed by atoms with Crippen LogP contribution in [-0.2, 0) is 6.42 Å². The van der Waals surface area contributed by atoms with Crippen LogP contribution in [0.1, 0.15) is 38.0 Å². The Balaban J connectivity index is 1.89. The summed E-state index contributed by atoms with van der Waals surface area (Å²) in [6, 6.07) is 0. The minimum atomic E-state index is 0.656. The van der Waals surface area contributed by atoms with E-state index in [1.165, 1.54) is 32.1 Å². The summed E-state index contributed by atoms with van der Waals surface area (Å²) in [4.78, 5) is 0. The highest BCUT2D eigenvalue weighted by molar-refractivity contribution is 14.1. The summed E-state index contributed by atoms with van der Waals surface area (Å²) in [6.45, 7) is 0. The molecule has 1 aromatic heterocycles. The van der Waals surface area contributed by atoms with Crippen molar-refractivity contribution in [3.63, 3.8) is 0 Å². The van der Waals surface area contributed by atoms with E-state index < -0.39 is 0 Å². The van der Waals surface area contributed by atoms with Crippen molar-refractivity contribution in [1.82, 2.24) is 10.2 Å². The number of nitrogens with zero attached hydrogens (tertiary/aromatic N) is 2. The largest absolute Gasteiger partial charge is 0.416 e. The first-order valence-corrected chi connectivity index (χ1v) is 5.90. The van der Waals surface area contributed by atoms with E-state index in [-0.39, 0.29) is 0 Å². The molecule has 0 atom stereocenters. The lowest BCUT2D eigenvalue weighted by atomic mass is 9.87. The van der Waals surface area contributed by atoms with Crippen LogP contribution < -0.4 is 0 Å². The van der Waals surface area contributed by atoms with Crippen LogP contribution in [0.5, 0.6) is 0 Å². The molecule has 0 radical (unpaired) electrons. The van der Waals surface area contributed by atoms with Gasteiger partial charge in [-0.2, -0.15) is 0 Å². The lowest BCUT2D eigenvalue weighted by Crippen LogP contribution is -2.09. The fraction of sp³-hybridized carbons (Fsp3) is 0.778. The van der Waals surface area contributed by atoms with Crippen molar-refractivity contribution in [1.29, 1.82) is 0 Å². The molecule has 1 saturated carbocycles. The van der Waals surface area contributed by atoms with E-state index in [1.807, 2.05) is 0 Å². The van der Waals surface area contributed by atoms with Gasteiger partial charge in [0, 0.05) is 29.0 Å².